The number of fused-ring (bicyclic) bond motifs is 1. The van der Waals surface area contributed by atoms with Crippen LogP contribution in [-0.4, -0.2) is 23.4 Å². The molecule has 166 valence electrons. The smallest absolute Gasteiger partial charge is 0.0844 e. The highest BCUT2D eigenvalue weighted by Gasteiger charge is 2.47. The van der Waals surface area contributed by atoms with E-state index < -0.39 is 0 Å². The summed E-state index contributed by atoms with van der Waals surface area (Å²) in [6, 6.07) is 0. The third-order valence-electron chi connectivity index (χ3n) is 10.8. The van der Waals surface area contributed by atoms with Gasteiger partial charge in [-0.15, -0.1) is 0 Å². The predicted molar refractivity (Wildman–Crippen MR) is 119 cm³/mol. The molecule has 1 N–H and O–H groups in total. The highest BCUT2D eigenvalue weighted by atomic mass is 16.6. The molecule has 0 aromatic carbocycles. The van der Waals surface area contributed by atoms with E-state index in [1.54, 1.807) is 0 Å². The number of aliphatic hydroxyl groups excluding tert-OH is 1. The van der Waals surface area contributed by atoms with Crippen molar-refractivity contribution in [2.24, 2.45) is 40.9 Å². The SMILES string of the molecule is CC(C)(C1CCC(C2CCC(O)CC2)CC1)C1CCC(C2CCC3OC3C2)CC1. The Morgan fingerprint density at radius 2 is 1.00 bits per heavy atom. The van der Waals surface area contributed by atoms with E-state index in [4.69, 9.17) is 4.74 Å². The van der Waals surface area contributed by atoms with Gasteiger partial charge in [0, 0.05) is 0 Å². The molecule has 0 spiro atoms. The van der Waals surface area contributed by atoms with Gasteiger partial charge in [-0.1, -0.05) is 13.8 Å². The van der Waals surface area contributed by atoms with Crippen molar-refractivity contribution < 1.29 is 9.84 Å². The molecule has 5 rings (SSSR count). The van der Waals surface area contributed by atoms with Gasteiger partial charge in [-0.25, -0.2) is 0 Å². The minimum atomic E-state index is 0.00323. The molecule has 1 saturated heterocycles. The molecule has 0 aromatic heterocycles. The zero-order valence-corrected chi connectivity index (χ0v) is 19.2. The fourth-order valence-electron chi connectivity index (χ4n) is 8.44. The summed E-state index contributed by atoms with van der Waals surface area (Å²) >= 11 is 0. The molecule has 3 unspecified atom stereocenters. The normalized spacial score (nSPS) is 48.7. The Bertz CT molecular complexity index is 533. The van der Waals surface area contributed by atoms with Crippen LogP contribution in [0.25, 0.3) is 0 Å². The van der Waals surface area contributed by atoms with Crippen LogP contribution in [0.2, 0.25) is 0 Å². The summed E-state index contributed by atoms with van der Waals surface area (Å²) in [6.45, 7) is 5.26. The second-order valence-electron chi connectivity index (χ2n) is 12.4. The molecule has 4 aliphatic carbocycles. The summed E-state index contributed by atoms with van der Waals surface area (Å²) in [5.74, 6) is 5.77. The fraction of sp³-hybridized carbons (Fsp3) is 1.00. The Balaban J connectivity index is 1.09. The van der Waals surface area contributed by atoms with Gasteiger partial charge in [0.15, 0.2) is 0 Å². The van der Waals surface area contributed by atoms with Gasteiger partial charge in [-0.3, -0.25) is 0 Å². The summed E-state index contributed by atoms with van der Waals surface area (Å²) in [5.41, 5.74) is 0.538. The zero-order chi connectivity index (χ0) is 20.0. The van der Waals surface area contributed by atoms with Gasteiger partial charge >= 0.3 is 0 Å². The first kappa shape index (κ1) is 20.8. The summed E-state index contributed by atoms with van der Waals surface area (Å²) in [6.07, 6.45) is 22.1. The molecule has 0 amide bonds. The third-order valence-corrected chi connectivity index (χ3v) is 10.8. The highest BCUT2D eigenvalue weighted by molar-refractivity contribution is 4.96. The Morgan fingerprint density at radius 1 is 0.552 bits per heavy atom. The largest absolute Gasteiger partial charge is 0.393 e. The van der Waals surface area contributed by atoms with Crippen molar-refractivity contribution in [2.45, 2.75) is 128 Å². The molecule has 4 saturated carbocycles. The van der Waals surface area contributed by atoms with E-state index in [1.807, 2.05) is 0 Å². The van der Waals surface area contributed by atoms with E-state index in [9.17, 15) is 5.11 Å². The number of epoxide rings is 1. The van der Waals surface area contributed by atoms with Crippen LogP contribution in [0.1, 0.15) is 110 Å². The molecular weight excluding hydrogens is 356 g/mol. The summed E-state index contributed by atoms with van der Waals surface area (Å²) in [5, 5.41) is 9.83. The van der Waals surface area contributed by atoms with Crippen molar-refractivity contribution >= 4 is 0 Å². The van der Waals surface area contributed by atoms with E-state index >= 15 is 0 Å². The molecule has 2 heteroatoms. The average Bonchev–Trinajstić information content (AvgIpc) is 3.53. The predicted octanol–water partition coefficient (Wildman–Crippen LogP) is 6.74. The van der Waals surface area contributed by atoms with E-state index in [2.05, 4.69) is 13.8 Å². The van der Waals surface area contributed by atoms with Crippen LogP contribution < -0.4 is 0 Å². The van der Waals surface area contributed by atoms with Crippen LogP contribution in [-0.2, 0) is 4.74 Å². The van der Waals surface area contributed by atoms with Crippen LogP contribution in [0.15, 0.2) is 0 Å². The minimum Gasteiger partial charge on any atom is -0.393 e. The summed E-state index contributed by atoms with van der Waals surface area (Å²) in [7, 11) is 0. The number of ether oxygens (including phenoxy) is 1. The van der Waals surface area contributed by atoms with Gasteiger partial charge < -0.3 is 9.84 Å². The first-order valence-corrected chi connectivity index (χ1v) is 13.3. The standard InChI is InChI=1S/C27H46O2/c1-27(2,22-10-3-18(4-11-22)19-7-14-24(28)15-8-19)23-12-5-20(6-13-23)21-9-16-25-26(17-21)29-25/h18-26,28H,3-17H2,1-2H3. The number of aliphatic hydroxyl groups is 1. The van der Waals surface area contributed by atoms with Crippen molar-refractivity contribution in [1.82, 2.24) is 0 Å². The molecule has 5 aliphatic rings. The molecule has 2 nitrogen and oxygen atoms in total. The summed E-state index contributed by atoms with van der Waals surface area (Å²) in [4.78, 5) is 0. The quantitative estimate of drug-likeness (QED) is 0.528. The summed E-state index contributed by atoms with van der Waals surface area (Å²) < 4.78 is 5.80. The maximum atomic E-state index is 9.83. The molecule has 0 aromatic rings. The molecule has 0 radical (unpaired) electrons. The lowest BCUT2D eigenvalue weighted by molar-refractivity contribution is 0.0157. The third kappa shape index (κ3) is 4.45. The van der Waals surface area contributed by atoms with Gasteiger partial charge in [0.1, 0.15) is 0 Å². The van der Waals surface area contributed by atoms with Crippen LogP contribution in [0.4, 0.5) is 0 Å². The molecule has 0 bridgehead atoms. The van der Waals surface area contributed by atoms with Gasteiger partial charge in [0.25, 0.3) is 0 Å². The van der Waals surface area contributed by atoms with Crippen molar-refractivity contribution in [3.05, 3.63) is 0 Å². The van der Waals surface area contributed by atoms with Crippen LogP contribution in [0.5, 0.6) is 0 Å². The molecule has 1 heterocycles. The lowest BCUT2D eigenvalue weighted by atomic mass is 9.57. The van der Waals surface area contributed by atoms with Crippen LogP contribution >= 0.6 is 0 Å². The van der Waals surface area contributed by atoms with Gasteiger partial charge in [-0.05, 0) is 137 Å². The maximum Gasteiger partial charge on any atom is 0.0844 e. The maximum absolute atomic E-state index is 9.83. The lowest BCUT2D eigenvalue weighted by Crippen LogP contribution is -2.39. The Labute approximate surface area is 179 Å². The van der Waals surface area contributed by atoms with E-state index in [0.717, 1.165) is 48.3 Å². The average molecular weight is 403 g/mol. The molecule has 3 atom stereocenters. The van der Waals surface area contributed by atoms with E-state index in [1.165, 1.54) is 83.5 Å². The van der Waals surface area contributed by atoms with Gasteiger partial charge in [0.2, 0.25) is 0 Å². The molecule has 1 aliphatic heterocycles. The second-order valence-corrected chi connectivity index (χ2v) is 12.4. The van der Waals surface area contributed by atoms with E-state index in [-0.39, 0.29) is 6.10 Å². The topological polar surface area (TPSA) is 32.8 Å². The monoisotopic (exact) mass is 402 g/mol. The van der Waals surface area contributed by atoms with Crippen molar-refractivity contribution in [1.29, 1.82) is 0 Å². The van der Waals surface area contributed by atoms with Gasteiger partial charge in [0.05, 0.1) is 18.3 Å². The van der Waals surface area contributed by atoms with E-state index in [0.29, 0.717) is 17.6 Å². The number of hydrogen-bond acceptors (Lipinski definition) is 2. The molecular formula is C27H46O2. The molecule has 5 fully saturated rings. The van der Waals surface area contributed by atoms with Crippen LogP contribution in [0.3, 0.4) is 0 Å². The van der Waals surface area contributed by atoms with Crippen molar-refractivity contribution in [2.75, 3.05) is 0 Å². The first-order chi connectivity index (χ1) is 14.0. The first-order valence-electron chi connectivity index (χ1n) is 13.3. The van der Waals surface area contributed by atoms with Gasteiger partial charge in [-0.2, -0.15) is 0 Å². The lowest BCUT2D eigenvalue weighted by Gasteiger charge is -2.48. The Hall–Kier alpha value is -0.0800. The number of rotatable bonds is 4. The minimum absolute atomic E-state index is 0.00323. The zero-order valence-electron chi connectivity index (χ0n) is 19.2. The highest BCUT2D eigenvalue weighted by Crippen LogP contribution is 2.53. The second kappa shape index (κ2) is 8.45. The fourth-order valence-corrected chi connectivity index (χ4v) is 8.44. The van der Waals surface area contributed by atoms with Crippen LogP contribution in [0, 0.1) is 40.9 Å². The Morgan fingerprint density at radius 3 is 1.52 bits per heavy atom. The van der Waals surface area contributed by atoms with Crippen molar-refractivity contribution in [3.63, 3.8) is 0 Å². The van der Waals surface area contributed by atoms with Crippen molar-refractivity contribution in [3.8, 4) is 0 Å². The Kier molecular flexibility index (Phi) is 6.06. The number of hydrogen-bond donors (Lipinski definition) is 1. The molecule has 29 heavy (non-hydrogen) atoms.